The molecule has 0 fully saturated rings. The van der Waals surface area contributed by atoms with Crippen molar-refractivity contribution in [3.05, 3.63) is 51.9 Å². The SMILES string of the molecule is COc1ccc(NS(=O)(=O)c2ccc3c(c2)n(C)c(=O)n3C)cc1Cl. The molecule has 0 saturated carbocycles. The van der Waals surface area contributed by atoms with Crippen molar-refractivity contribution in [2.24, 2.45) is 14.1 Å². The van der Waals surface area contributed by atoms with Crippen LogP contribution < -0.4 is 15.1 Å². The van der Waals surface area contributed by atoms with Crippen LogP contribution in [0.15, 0.2) is 46.1 Å². The number of hydrogen-bond donors (Lipinski definition) is 1. The van der Waals surface area contributed by atoms with E-state index >= 15 is 0 Å². The van der Waals surface area contributed by atoms with Crippen molar-refractivity contribution in [1.29, 1.82) is 0 Å². The topological polar surface area (TPSA) is 82.3 Å². The average molecular weight is 382 g/mol. The van der Waals surface area contributed by atoms with Gasteiger partial charge in [0.05, 0.1) is 33.7 Å². The first-order chi connectivity index (χ1) is 11.7. The number of aryl methyl sites for hydroxylation is 2. The van der Waals surface area contributed by atoms with Crippen LogP contribution in [0.3, 0.4) is 0 Å². The molecule has 0 atom stereocenters. The van der Waals surface area contributed by atoms with Crippen LogP contribution in [0.5, 0.6) is 5.75 Å². The van der Waals surface area contributed by atoms with Gasteiger partial charge in [0.15, 0.2) is 0 Å². The minimum absolute atomic E-state index is 0.0492. The van der Waals surface area contributed by atoms with E-state index < -0.39 is 10.0 Å². The molecule has 7 nitrogen and oxygen atoms in total. The van der Waals surface area contributed by atoms with Gasteiger partial charge in [-0.2, -0.15) is 0 Å². The number of sulfonamides is 1. The second-order valence-electron chi connectivity index (χ2n) is 5.51. The molecule has 0 aliphatic heterocycles. The zero-order chi connectivity index (χ0) is 18.4. The smallest absolute Gasteiger partial charge is 0.328 e. The van der Waals surface area contributed by atoms with Crippen molar-refractivity contribution in [2.45, 2.75) is 4.90 Å². The maximum absolute atomic E-state index is 12.6. The Kier molecular flexibility index (Phi) is 4.26. The monoisotopic (exact) mass is 381 g/mol. The Morgan fingerprint density at radius 2 is 1.72 bits per heavy atom. The molecule has 25 heavy (non-hydrogen) atoms. The summed E-state index contributed by atoms with van der Waals surface area (Å²) in [6.07, 6.45) is 0. The lowest BCUT2D eigenvalue weighted by Gasteiger charge is -2.10. The molecule has 1 N–H and O–H groups in total. The fourth-order valence-corrected chi connectivity index (χ4v) is 3.92. The highest BCUT2D eigenvalue weighted by Crippen LogP contribution is 2.28. The second-order valence-corrected chi connectivity index (χ2v) is 7.60. The highest BCUT2D eigenvalue weighted by molar-refractivity contribution is 7.92. The van der Waals surface area contributed by atoms with Crippen LogP contribution in [0.2, 0.25) is 5.02 Å². The number of methoxy groups -OCH3 is 1. The lowest BCUT2D eigenvalue weighted by Crippen LogP contribution is -2.19. The van der Waals surface area contributed by atoms with Gasteiger partial charge in [-0.05, 0) is 36.4 Å². The quantitative estimate of drug-likeness (QED) is 0.752. The minimum atomic E-state index is -3.84. The van der Waals surface area contributed by atoms with Gasteiger partial charge in [0, 0.05) is 14.1 Å². The molecule has 1 aromatic heterocycles. The molecule has 0 aliphatic carbocycles. The number of ether oxygens (including phenoxy) is 1. The van der Waals surface area contributed by atoms with Gasteiger partial charge in [0.1, 0.15) is 5.75 Å². The van der Waals surface area contributed by atoms with Crippen LogP contribution in [0, 0.1) is 0 Å². The summed E-state index contributed by atoms with van der Waals surface area (Å²) in [7, 11) is 0.871. The molecule has 0 amide bonds. The molecule has 0 unspecified atom stereocenters. The van der Waals surface area contributed by atoms with E-state index in [0.717, 1.165) is 0 Å². The van der Waals surface area contributed by atoms with Crippen LogP contribution >= 0.6 is 11.6 Å². The van der Waals surface area contributed by atoms with Crippen molar-refractivity contribution < 1.29 is 13.2 Å². The third-order valence-corrected chi connectivity index (χ3v) is 5.63. The van der Waals surface area contributed by atoms with Gasteiger partial charge in [0.2, 0.25) is 0 Å². The van der Waals surface area contributed by atoms with Gasteiger partial charge < -0.3 is 4.74 Å². The first-order valence-electron chi connectivity index (χ1n) is 7.26. The number of nitrogens with zero attached hydrogens (tertiary/aromatic N) is 2. The first-order valence-corrected chi connectivity index (χ1v) is 9.12. The highest BCUT2D eigenvalue weighted by atomic mass is 35.5. The van der Waals surface area contributed by atoms with Gasteiger partial charge in [-0.1, -0.05) is 11.6 Å². The summed E-state index contributed by atoms with van der Waals surface area (Å²) in [5, 5.41) is 0.295. The van der Waals surface area contributed by atoms with E-state index in [-0.39, 0.29) is 10.6 Å². The van der Waals surface area contributed by atoms with Crippen LogP contribution in [-0.4, -0.2) is 24.7 Å². The molecule has 0 saturated heterocycles. The molecule has 132 valence electrons. The molecule has 0 aliphatic rings. The van der Waals surface area contributed by atoms with E-state index in [4.69, 9.17) is 16.3 Å². The predicted octanol–water partition coefficient (Wildman–Crippen LogP) is 2.34. The lowest BCUT2D eigenvalue weighted by atomic mass is 10.3. The molecule has 3 aromatic rings. The van der Waals surface area contributed by atoms with E-state index in [1.165, 1.54) is 34.4 Å². The molecule has 3 rings (SSSR count). The molecular weight excluding hydrogens is 366 g/mol. The predicted molar refractivity (Wildman–Crippen MR) is 97.0 cm³/mol. The van der Waals surface area contributed by atoms with E-state index in [2.05, 4.69) is 4.72 Å². The van der Waals surface area contributed by atoms with Crippen LogP contribution in [-0.2, 0) is 24.1 Å². The fourth-order valence-electron chi connectivity index (χ4n) is 2.60. The van der Waals surface area contributed by atoms with E-state index in [1.807, 2.05) is 0 Å². The summed E-state index contributed by atoms with van der Waals surface area (Å²) in [5.41, 5.74) is 1.27. The standard InChI is InChI=1S/C16H16ClN3O4S/c1-19-13-6-5-11(9-14(13)20(2)16(19)21)25(22,23)18-10-4-7-15(24-3)12(17)8-10/h4-9,18H,1-3H3. The van der Waals surface area contributed by atoms with Gasteiger partial charge in [0.25, 0.3) is 10.0 Å². The molecule has 9 heteroatoms. The fraction of sp³-hybridized carbons (Fsp3) is 0.188. The molecule has 2 aromatic carbocycles. The second kappa shape index (κ2) is 6.12. The van der Waals surface area contributed by atoms with Gasteiger partial charge in [-0.3, -0.25) is 13.9 Å². The van der Waals surface area contributed by atoms with E-state index in [9.17, 15) is 13.2 Å². The highest BCUT2D eigenvalue weighted by Gasteiger charge is 2.18. The Morgan fingerprint density at radius 3 is 2.36 bits per heavy atom. The number of hydrogen-bond acceptors (Lipinski definition) is 4. The molecule has 0 bridgehead atoms. The van der Waals surface area contributed by atoms with Crippen LogP contribution in [0.25, 0.3) is 11.0 Å². The summed E-state index contributed by atoms with van der Waals surface area (Å²) < 4.78 is 35.6. The third-order valence-electron chi connectivity index (χ3n) is 3.96. The average Bonchev–Trinajstić information content (AvgIpc) is 2.79. The minimum Gasteiger partial charge on any atom is -0.495 e. The largest absolute Gasteiger partial charge is 0.495 e. The van der Waals surface area contributed by atoms with Crippen molar-refractivity contribution in [3.8, 4) is 5.75 Å². The summed E-state index contributed by atoms with van der Waals surface area (Å²) in [6.45, 7) is 0. The van der Waals surface area contributed by atoms with Crippen LogP contribution in [0.4, 0.5) is 5.69 Å². The summed E-state index contributed by atoms with van der Waals surface area (Å²) in [5.74, 6) is 0.449. The third kappa shape index (κ3) is 2.98. The van der Waals surface area contributed by atoms with Crippen molar-refractivity contribution in [3.63, 3.8) is 0 Å². The normalized spacial score (nSPS) is 11.7. The van der Waals surface area contributed by atoms with Gasteiger partial charge >= 0.3 is 5.69 Å². The molecule has 1 heterocycles. The zero-order valence-electron chi connectivity index (χ0n) is 13.8. The molecule has 0 spiro atoms. The first kappa shape index (κ1) is 17.4. The van der Waals surface area contributed by atoms with Crippen molar-refractivity contribution in [1.82, 2.24) is 9.13 Å². The molecule has 0 radical (unpaired) electrons. The number of benzene rings is 2. The maximum atomic E-state index is 12.6. The van der Waals surface area contributed by atoms with Gasteiger partial charge in [-0.25, -0.2) is 13.2 Å². The Bertz CT molecular complexity index is 1130. The number of rotatable bonds is 4. The van der Waals surface area contributed by atoms with Crippen molar-refractivity contribution >= 4 is 38.3 Å². The number of halogens is 1. The number of aromatic nitrogens is 2. The summed E-state index contributed by atoms with van der Waals surface area (Å²) in [4.78, 5) is 12.0. The number of fused-ring (bicyclic) bond motifs is 1. The number of imidazole rings is 1. The molecular formula is C16H16ClN3O4S. The van der Waals surface area contributed by atoms with Gasteiger partial charge in [-0.15, -0.1) is 0 Å². The Morgan fingerprint density at radius 1 is 1.04 bits per heavy atom. The zero-order valence-corrected chi connectivity index (χ0v) is 15.4. The Balaban J connectivity index is 2.02. The maximum Gasteiger partial charge on any atom is 0.328 e. The lowest BCUT2D eigenvalue weighted by molar-refractivity contribution is 0.415. The Hall–Kier alpha value is -2.45. The van der Waals surface area contributed by atoms with E-state index in [1.54, 1.807) is 32.3 Å². The summed E-state index contributed by atoms with van der Waals surface area (Å²) >= 11 is 6.02. The Labute approximate surface area is 149 Å². The number of nitrogens with one attached hydrogen (secondary N) is 1. The summed E-state index contributed by atoms with van der Waals surface area (Å²) in [6, 6.07) is 9.11. The number of anilines is 1. The van der Waals surface area contributed by atoms with Crippen LogP contribution in [0.1, 0.15) is 0 Å². The van der Waals surface area contributed by atoms with E-state index in [0.29, 0.717) is 27.5 Å². The van der Waals surface area contributed by atoms with Crippen molar-refractivity contribution in [2.75, 3.05) is 11.8 Å².